The van der Waals surface area contributed by atoms with Gasteiger partial charge in [0.05, 0.1) is 12.3 Å². The minimum absolute atomic E-state index is 0.318. The first-order valence-electron chi connectivity index (χ1n) is 3.46. The van der Waals surface area contributed by atoms with Gasteiger partial charge in [0, 0.05) is 13.3 Å². The minimum Gasteiger partial charge on any atom is -0.435 e. The van der Waals surface area contributed by atoms with Crippen LogP contribution < -0.4 is 0 Å². The second-order valence-corrected chi connectivity index (χ2v) is 2.03. The average molecular weight is 153 g/mol. The summed E-state index contributed by atoms with van der Waals surface area (Å²) in [6.07, 6.45) is 5.23. The zero-order valence-corrected chi connectivity index (χ0v) is 6.54. The van der Waals surface area contributed by atoms with Crippen molar-refractivity contribution in [1.82, 2.24) is 0 Å². The van der Waals surface area contributed by atoms with Gasteiger partial charge in [-0.25, -0.2) is 0 Å². The molecule has 0 amide bonds. The summed E-state index contributed by atoms with van der Waals surface area (Å²) < 4.78 is 4.52. The van der Waals surface area contributed by atoms with Crippen molar-refractivity contribution in [2.45, 2.75) is 26.2 Å². The van der Waals surface area contributed by atoms with E-state index in [1.165, 1.54) is 13.2 Å². The molecule has 0 aliphatic rings. The normalized spacial score (nSPS) is 9.45. The molecular weight excluding hydrogens is 142 g/mol. The van der Waals surface area contributed by atoms with Gasteiger partial charge in [0.15, 0.2) is 0 Å². The molecule has 3 nitrogen and oxygen atoms in total. The Balaban J connectivity index is 3.18. The summed E-state index contributed by atoms with van der Waals surface area (Å²) in [6.45, 7) is 1.35. The van der Waals surface area contributed by atoms with Crippen LogP contribution in [0.4, 0.5) is 0 Å². The van der Waals surface area contributed by atoms with Crippen LogP contribution in [0, 0.1) is 11.3 Å². The van der Waals surface area contributed by atoms with Crippen LogP contribution in [0.2, 0.25) is 0 Å². The number of esters is 1. The number of ether oxygens (including phenoxy) is 1. The molecule has 0 fully saturated rings. The number of hydrogen-bond donors (Lipinski definition) is 0. The summed E-state index contributed by atoms with van der Waals surface area (Å²) in [5, 5.41) is 8.15. The van der Waals surface area contributed by atoms with Crippen molar-refractivity contribution in [3.63, 3.8) is 0 Å². The molecule has 0 aromatic carbocycles. The molecule has 0 radical (unpaired) electrons. The number of unbranched alkanes of at least 4 members (excludes halogenated alkanes) is 2. The molecule has 11 heavy (non-hydrogen) atoms. The molecule has 0 rings (SSSR count). The highest BCUT2D eigenvalue weighted by Gasteiger charge is 1.84. The Bertz CT molecular complexity index is 179. The Morgan fingerprint density at radius 1 is 1.73 bits per heavy atom. The first-order valence-corrected chi connectivity index (χ1v) is 3.46. The van der Waals surface area contributed by atoms with Crippen LogP contribution in [0.15, 0.2) is 12.3 Å². The molecule has 0 N–H and O–H groups in total. The molecule has 0 saturated carbocycles. The number of carbonyl (C=O) groups excluding carboxylic acids is 1. The Kier molecular flexibility index (Phi) is 6.01. The molecule has 0 atom stereocenters. The highest BCUT2D eigenvalue weighted by atomic mass is 16.5. The summed E-state index contributed by atoms with van der Waals surface area (Å²) in [5.41, 5.74) is 0. The molecule has 0 heterocycles. The topological polar surface area (TPSA) is 50.1 Å². The van der Waals surface area contributed by atoms with Gasteiger partial charge >= 0.3 is 5.97 Å². The Morgan fingerprint density at radius 2 is 2.45 bits per heavy atom. The fourth-order valence-electron chi connectivity index (χ4n) is 0.511. The molecule has 0 saturated heterocycles. The number of nitrogens with zero attached hydrogens (tertiary/aromatic N) is 1. The summed E-state index contributed by atoms with van der Waals surface area (Å²) in [4.78, 5) is 10.2. The van der Waals surface area contributed by atoms with Crippen LogP contribution >= 0.6 is 0 Å². The molecule has 0 bridgehead atoms. The molecule has 0 aromatic heterocycles. The minimum atomic E-state index is -0.318. The smallest absolute Gasteiger partial charge is 0.307 e. The van der Waals surface area contributed by atoms with Crippen molar-refractivity contribution in [1.29, 1.82) is 5.26 Å². The van der Waals surface area contributed by atoms with Crippen molar-refractivity contribution in [2.75, 3.05) is 0 Å². The van der Waals surface area contributed by atoms with Crippen LogP contribution in [0.5, 0.6) is 0 Å². The van der Waals surface area contributed by atoms with Gasteiger partial charge in [-0.2, -0.15) is 5.26 Å². The third kappa shape index (κ3) is 8.70. The quantitative estimate of drug-likeness (QED) is 0.351. The van der Waals surface area contributed by atoms with Gasteiger partial charge in [0.1, 0.15) is 0 Å². The molecule has 0 spiro atoms. The van der Waals surface area contributed by atoms with Gasteiger partial charge in [-0.05, 0) is 18.9 Å². The lowest BCUT2D eigenvalue weighted by molar-refractivity contribution is -0.135. The van der Waals surface area contributed by atoms with Gasteiger partial charge in [-0.1, -0.05) is 0 Å². The molecular formula is C8H11NO2. The number of allylic oxidation sites excluding steroid dienone is 1. The summed E-state index contributed by atoms with van der Waals surface area (Å²) >= 11 is 0. The number of nitriles is 1. The third-order valence-corrected chi connectivity index (χ3v) is 0.990. The van der Waals surface area contributed by atoms with Crippen LogP contribution in [-0.2, 0) is 9.53 Å². The largest absolute Gasteiger partial charge is 0.435 e. The lowest BCUT2D eigenvalue weighted by atomic mass is 10.2. The van der Waals surface area contributed by atoms with Gasteiger partial charge in [0.25, 0.3) is 0 Å². The number of rotatable bonds is 4. The summed E-state index contributed by atoms with van der Waals surface area (Å²) in [5.74, 6) is -0.318. The molecule has 0 aromatic rings. The van der Waals surface area contributed by atoms with Crippen LogP contribution in [-0.4, -0.2) is 5.97 Å². The molecule has 60 valence electrons. The van der Waals surface area contributed by atoms with Gasteiger partial charge < -0.3 is 4.74 Å². The van der Waals surface area contributed by atoms with E-state index in [0.29, 0.717) is 6.42 Å². The number of hydrogen-bond acceptors (Lipinski definition) is 3. The third-order valence-electron chi connectivity index (χ3n) is 0.990. The summed E-state index contributed by atoms with van der Waals surface area (Å²) in [7, 11) is 0. The van der Waals surface area contributed by atoms with E-state index in [9.17, 15) is 4.79 Å². The predicted octanol–water partition coefficient (Wildman–Crippen LogP) is 1.76. The van der Waals surface area contributed by atoms with E-state index in [2.05, 4.69) is 4.74 Å². The molecule has 0 aliphatic heterocycles. The Labute approximate surface area is 66.3 Å². The second-order valence-electron chi connectivity index (χ2n) is 2.03. The van der Waals surface area contributed by atoms with Gasteiger partial charge in [-0.3, -0.25) is 4.79 Å². The maximum absolute atomic E-state index is 10.2. The first kappa shape index (κ1) is 9.70. The van der Waals surface area contributed by atoms with Gasteiger partial charge in [-0.15, -0.1) is 0 Å². The summed E-state index contributed by atoms with van der Waals surface area (Å²) in [6, 6.07) is 2.03. The van der Waals surface area contributed by atoms with Gasteiger partial charge in [0.2, 0.25) is 0 Å². The fourth-order valence-corrected chi connectivity index (χ4v) is 0.511. The zero-order chi connectivity index (χ0) is 8.53. The van der Waals surface area contributed by atoms with E-state index in [1.807, 2.05) is 6.07 Å². The fraction of sp³-hybridized carbons (Fsp3) is 0.500. The lowest BCUT2D eigenvalue weighted by Gasteiger charge is -1.89. The Morgan fingerprint density at radius 3 is 3.00 bits per heavy atom. The monoisotopic (exact) mass is 153 g/mol. The maximum Gasteiger partial charge on any atom is 0.307 e. The van der Waals surface area contributed by atoms with Crippen molar-refractivity contribution in [3.05, 3.63) is 12.3 Å². The highest BCUT2D eigenvalue weighted by Crippen LogP contribution is 1.94. The van der Waals surface area contributed by atoms with Crippen molar-refractivity contribution >= 4 is 5.97 Å². The van der Waals surface area contributed by atoms with Crippen molar-refractivity contribution in [3.8, 4) is 6.07 Å². The van der Waals surface area contributed by atoms with Crippen molar-refractivity contribution < 1.29 is 9.53 Å². The van der Waals surface area contributed by atoms with Crippen molar-refractivity contribution in [2.24, 2.45) is 0 Å². The van der Waals surface area contributed by atoms with E-state index in [1.54, 1.807) is 6.08 Å². The molecule has 0 aliphatic carbocycles. The van der Waals surface area contributed by atoms with Crippen LogP contribution in [0.25, 0.3) is 0 Å². The standard InChI is InChI=1S/C8H11NO2/c1-8(10)11-7-5-3-2-4-6-9/h5,7H,2-4H2,1H3/b7-5-. The Hall–Kier alpha value is -1.30. The lowest BCUT2D eigenvalue weighted by Crippen LogP contribution is -1.89. The van der Waals surface area contributed by atoms with Crippen LogP contribution in [0.1, 0.15) is 26.2 Å². The van der Waals surface area contributed by atoms with Crippen LogP contribution in [0.3, 0.4) is 0 Å². The number of carbonyl (C=O) groups is 1. The predicted molar refractivity (Wildman–Crippen MR) is 40.4 cm³/mol. The highest BCUT2D eigenvalue weighted by molar-refractivity contribution is 5.66. The van der Waals surface area contributed by atoms with E-state index >= 15 is 0 Å². The molecule has 3 heteroatoms. The zero-order valence-electron chi connectivity index (χ0n) is 6.54. The van der Waals surface area contributed by atoms with E-state index in [0.717, 1.165) is 12.8 Å². The van der Waals surface area contributed by atoms with E-state index in [-0.39, 0.29) is 5.97 Å². The maximum atomic E-state index is 10.2. The average Bonchev–Trinajstić information content (AvgIpc) is 1.96. The second kappa shape index (κ2) is 6.81. The first-order chi connectivity index (χ1) is 5.27. The molecule has 0 unspecified atom stereocenters. The van der Waals surface area contributed by atoms with E-state index in [4.69, 9.17) is 5.26 Å². The van der Waals surface area contributed by atoms with E-state index < -0.39 is 0 Å². The SMILES string of the molecule is CC(=O)O/C=C\CCCC#N.